The summed E-state index contributed by atoms with van der Waals surface area (Å²) in [5.74, 6) is -0.159. The Balaban J connectivity index is 1.83. The summed E-state index contributed by atoms with van der Waals surface area (Å²) in [5.41, 5.74) is 1.71. The molecule has 0 aliphatic carbocycles. The molecule has 0 spiro atoms. The standard InChI is InChI=1S/C14H13N3O5S/c1-8-16-10-7-9(3-4-11(10)21-8)17-14(18)12-5-6-13(22-12)23(19,20)15-2/h3-7,15H,1-2H3,(H,17,18). The van der Waals surface area contributed by atoms with Crippen molar-refractivity contribution in [2.45, 2.75) is 12.0 Å². The van der Waals surface area contributed by atoms with Gasteiger partial charge in [0.15, 0.2) is 17.2 Å². The van der Waals surface area contributed by atoms with Crippen LogP contribution in [0, 0.1) is 6.92 Å². The summed E-state index contributed by atoms with van der Waals surface area (Å²) in [7, 11) is -2.47. The lowest BCUT2D eigenvalue weighted by atomic mass is 10.3. The van der Waals surface area contributed by atoms with Gasteiger partial charge in [-0.15, -0.1) is 0 Å². The van der Waals surface area contributed by atoms with Crippen molar-refractivity contribution in [1.82, 2.24) is 9.71 Å². The number of furan rings is 1. The molecular formula is C14H13N3O5S. The lowest BCUT2D eigenvalue weighted by Gasteiger charge is -2.02. The molecule has 0 radical (unpaired) electrons. The van der Waals surface area contributed by atoms with Gasteiger partial charge in [-0.2, -0.15) is 0 Å². The molecular weight excluding hydrogens is 322 g/mol. The predicted molar refractivity (Wildman–Crippen MR) is 81.7 cm³/mol. The van der Waals surface area contributed by atoms with Crippen molar-refractivity contribution in [2.75, 3.05) is 12.4 Å². The first-order chi connectivity index (χ1) is 10.9. The highest BCUT2D eigenvalue weighted by atomic mass is 32.2. The Morgan fingerprint density at radius 3 is 2.70 bits per heavy atom. The first-order valence-corrected chi connectivity index (χ1v) is 8.09. The van der Waals surface area contributed by atoms with E-state index in [4.69, 9.17) is 8.83 Å². The molecule has 2 aromatic heterocycles. The van der Waals surface area contributed by atoms with Gasteiger partial charge in [-0.25, -0.2) is 18.1 Å². The molecule has 2 N–H and O–H groups in total. The zero-order valence-corrected chi connectivity index (χ0v) is 13.1. The average molecular weight is 335 g/mol. The highest BCUT2D eigenvalue weighted by Gasteiger charge is 2.19. The zero-order chi connectivity index (χ0) is 16.6. The van der Waals surface area contributed by atoms with Crippen LogP contribution in [-0.4, -0.2) is 26.4 Å². The fourth-order valence-electron chi connectivity index (χ4n) is 2.00. The molecule has 0 bridgehead atoms. The van der Waals surface area contributed by atoms with Gasteiger partial charge in [-0.3, -0.25) is 4.79 Å². The third-order valence-electron chi connectivity index (χ3n) is 3.09. The van der Waals surface area contributed by atoms with Gasteiger partial charge in [0, 0.05) is 12.6 Å². The summed E-state index contributed by atoms with van der Waals surface area (Å²) in [6.07, 6.45) is 0. The monoisotopic (exact) mass is 335 g/mol. The summed E-state index contributed by atoms with van der Waals surface area (Å²) >= 11 is 0. The van der Waals surface area contributed by atoms with Crippen molar-refractivity contribution < 1.29 is 22.0 Å². The van der Waals surface area contributed by atoms with E-state index in [0.29, 0.717) is 22.7 Å². The van der Waals surface area contributed by atoms with Crippen LogP contribution in [0.4, 0.5) is 5.69 Å². The van der Waals surface area contributed by atoms with Gasteiger partial charge in [0.05, 0.1) is 0 Å². The van der Waals surface area contributed by atoms with Crippen molar-refractivity contribution >= 4 is 32.7 Å². The van der Waals surface area contributed by atoms with Crippen LogP contribution in [-0.2, 0) is 10.0 Å². The number of rotatable bonds is 4. The quantitative estimate of drug-likeness (QED) is 0.752. The van der Waals surface area contributed by atoms with Crippen molar-refractivity contribution in [3.05, 3.63) is 42.0 Å². The Morgan fingerprint density at radius 1 is 1.17 bits per heavy atom. The Kier molecular flexibility index (Phi) is 3.66. The second-order valence-corrected chi connectivity index (χ2v) is 6.51. The lowest BCUT2D eigenvalue weighted by Crippen LogP contribution is -2.18. The maximum atomic E-state index is 12.1. The molecule has 8 nitrogen and oxygen atoms in total. The number of nitrogens with one attached hydrogen (secondary N) is 2. The second kappa shape index (κ2) is 5.52. The minimum atomic E-state index is -3.73. The van der Waals surface area contributed by atoms with Gasteiger partial charge in [0.1, 0.15) is 5.52 Å². The van der Waals surface area contributed by atoms with Gasteiger partial charge >= 0.3 is 0 Å². The number of hydrogen-bond donors (Lipinski definition) is 2. The smallest absolute Gasteiger partial charge is 0.291 e. The number of hydrogen-bond acceptors (Lipinski definition) is 6. The summed E-state index contributed by atoms with van der Waals surface area (Å²) in [6.45, 7) is 1.73. The molecule has 1 amide bonds. The summed E-state index contributed by atoms with van der Waals surface area (Å²) in [4.78, 5) is 16.3. The zero-order valence-electron chi connectivity index (χ0n) is 12.3. The number of oxazole rings is 1. The van der Waals surface area contributed by atoms with Crippen molar-refractivity contribution in [1.29, 1.82) is 0 Å². The molecule has 3 rings (SSSR count). The molecule has 0 aliphatic heterocycles. The van der Waals surface area contributed by atoms with Gasteiger partial charge in [0.2, 0.25) is 5.09 Å². The van der Waals surface area contributed by atoms with Crippen LogP contribution in [0.25, 0.3) is 11.1 Å². The van der Waals surface area contributed by atoms with Crippen molar-refractivity contribution in [2.24, 2.45) is 0 Å². The van der Waals surface area contributed by atoms with Crippen molar-refractivity contribution in [3.63, 3.8) is 0 Å². The van der Waals surface area contributed by atoms with Crippen LogP contribution in [0.5, 0.6) is 0 Å². The van der Waals surface area contributed by atoms with E-state index in [-0.39, 0.29) is 10.9 Å². The first-order valence-electron chi connectivity index (χ1n) is 6.61. The highest BCUT2D eigenvalue weighted by molar-refractivity contribution is 7.89. The molecule has 120 valence electrons. The third-order valence-corrected chi connectivity index (χ3v) is 4.38. The fraction of sp³-hybridized carbons (Fsp3) is 0.143. The minimum Gasteiger partial charge on any atom is -0.441 e. The van der Waals surface area contributed by atoms with E-state index in [9.17, 15) is 13.2 Å². The van der Waals surface area contributed by atoms with E-state index in [0.717, 1.165) is 0 Å². The number of aromatic nitrogens is 1. The van der Waals surface area contributed by atoms with E-state index in [1.54, 1.807) is 25.1 Å². The van der Waals surface area contributed by atoms with E-state index < -0.39 is 15.9 Å². The normalized spacial score (nSPS) is 11.7. The van der Waals surface area contributed by atoms with Crippen LogP contribution < -0.4 is 10.0 Å². The number of sulfonamides is 1. The number of aryl methyl sites for hydroxylation is 1. The molecule has 0 atom stereocenters. The van der Waals surface area contributed by atoms with Gasteiger partial charge < -0.3 is 14.2 Å². The second-order valence-electron chi connectivity index (χ2n) is 4.70. The van der Waals surface area contributed by atoms with Crippen LogP contribution in [0.2, 0.25) is 0 Å². The topological polar surface area (TPSA) is 114 Å². The summed E-state index contributed by atoms with van der Waals surface area (Å²) in [6, 6.07) is 7.49. The average Bonchev–Trinajstić information content (AvgIpc) is 3.12. The molecule has 23 heavy (non-hydrogen) atoms. The molecule has 2 heterocycles. The molecule has 9 heteroatoms. The SMILES string of the molecule is CNS(=O)(=O)c1ccc(C(=O)Nc2ccc3oc(C)nc3c2)o1. The molecule has 0 fully saturated rings. The fourth-order valence-corrected chi connectivity index (χ4v) is 2.65. The Labute approximate surface area is 131 Å². The molecule has 0 unspecified atom stereocenters. The first kappa shape index (κ1) is 15.3. The van der Waals surface area contributed by atoms with E-state index in [1.807, 2.05) is 0 Å². The number of anilines is 1. The maximum Gasteiger partial charge on any atom is 0.291 e. The summed E-state index contributed by atoms with van der Waals surface area (Å²) in [5, 5.41) is 2.29. The number of fused-ring (bicyclic) bond motifs is 1. The maximum absolute atomic E-state index is 12.1. The van der Waals surface area contributed by atoms with Gasteiger partial charge in [-0.05, 0) is 37.4 Å². The van der Waals surface area contributed by atoms with E-state index in [2.05, 4.69) is 15.0 Å². The molecule has 0 saturated heterocycles. The number of benzene rings is 1. The number of carbonyl (C=O) groups is 1. The molecule has 3 aromatic rings. The Hall–Kier alpha value is -2.65. The van der Waals surface area contributed by atoms with E-state index in [1.165, 1.54) is 19.2 Å². The third kappa shape index (κ3) is 2.96. The largest absolute Gasteiger partial charge is 0.441 e. The van der Waals surface area contributed by atoms with Gasteiger partial charge in [-0.1, -0.05) is 0 Å². The summed E-state index contributed by atoms with van der Waals surface area (Å²) < 4.78 is 35.7. The van der Waals surface area contributed by atoms with Crippen molar-refractivity contribution in [3.8, 4) is 0 Å². The van der Waals surface area contributed by atoms with Gasteiger partial charge in [0.25, 0.3) is 15.9 Å². The number of carbonyl (C=O) groups excluding carboxylic acids is 1. The number of nitrogens with zero attached hydrogens (tertiary/aromatic N) is 1. The molecule has 1 aromatic carbocycles. The van der Waals surface area contributed by atoms with Crippen LogP contribution in [0.1, 0.15) is 16.4 Å². The minimum absolute atomic E-state index is 0.116. The van der Waals surface area contributed by atoms with Crippen LogP contribution in [0.15, 0.2) is 44.3 Å². The van der Waals surface area contributed by atoms with Crippen LogP contribution >= 0.6 is 0 Å². The molecule has 0 saturated carbocycles. The van der Waals surface area contributed by atoms with Crippen LogP contribution in [0.3, 0.4) is 0 Å². The Morgan fingerprint density at radius 2 is 1.96 bits per heavy atom. The number of amides is 1. The molecule has 0 aliphatic rings. The van der Waals surface area contributed by atoms with E-state index >= 15 is 0 Å². The lowest BCUT2D eigenvalue weighted by molar-refractivity contribution is 0.0991. The highest BCUT2D eigenvalue weighted by Crippen LogP contribution is 2.21. The Bertz CT molecular complexity index is 987. The predicted octanol–water partition coefficient (Wildman–Crippen LogP) is 1.89.